The number of likely N-dealkylation sites (N-methyl/N-ethyl adjacent to an activating group) is 1. The zero-order valence-corrected chi connectivity index (χ0v) is 10.8. The van der Waals surface area contributed by atoms with Gasteiger partial charge in [0.05, 0.1) is 19.2 Å². The van der Waals surface area contributed by atoms with Crippen LogP contribution in [0.15, 0.2) is 0 Å². The summed E-state index contributed by atoms with van der Waals surface area (Å²) >= 11 is 0. The van der Waals surface area contributed by atoms with Gasteiger partial charge in [0.2, 0.25) is 11.8 Å². The lowest BCUT2D eigenvalue weighted by Crippen LogP contribution is -2.48. The average molecular weight is 245 g/mol. The van der Waals surface area contributed by atoms with Crippen LogP contribution in [0.5, 0.6) is 0 Å². The predicted molar refractivity (Wildman–Crippen MR) is 65.2 cm³/mol. The van der Waals surface area contributed by atoms with E-state index in [1.54, 1.807) is 0 Å². The van der Waals surface area contributed by atoms with E-state index in [0.29, 0.717) is 6.54 Å². The number of carbonyl (C=O) groups excluding carboxylic acids is 2. The fraction of sp³-hybridized carbons (Fsp3) is 0.818. The van der Waals surface area contributed by atoms with Crippen molar-refractivity contribution in [2.24, 2.45) is 11.7 Å². The topological polar surface area (TPSA) is 95.7 Å². The van der Waals surface area contributed by atoms with E-state index in [1.165, 1.54) is 4.90 Å². The minimum Gasteiger partial charge on any atom is -0.395 e. The summed E-state index contributed by atoms with van der Waals surface area (Å²) in [5, 5.41) is 11.3. The van der Waals surface area contributed by atoms with Gasteiger partial charge in [-0.2, -0.15) is 0 Å². The molecule has 0 saturated carbocycles. The molecule has 0 aromatic carbocycles. The molecule has 0 aliphatic heterocycles. The average Bonchev–Trinajstić information content (AvgIpc) is 2.31. The van der Waals surface area contributed by atoms with E-state index in [9.17, 15) is 9.59 Å². The van der Waals surface area contributed by atoms with Crippen LogP contribution in [-0.4, -0.2) is 54.1 Å². The predicted octanol–water partition coefficient (Wildman–Crippen LogP) is -1.07. The SMILES string of the molecule is CCN(CCO)C(=O)CNC(=O)[C@@H](N)C(C)C. The molecule has 0 aromatic heterocycles. The Hall–Kier alpha value is -1.14. The maximum atomic E-state index is 11.6. The molecule has 6 nitrogen and oxygen atoms in total. The molecule has 4 N–H and O–H groups in total. The lowest BCUT2D eigenvalue weighted by atomic mass is 10.1. The van der Waals surface area contributed by atoms with Gasteiger partial charge in [0, 0.05) is 13.1 Å². The Balaban J connectivity index is 4.10. The Kier molecular flexibility index (Phi) is 7.49. The molecule has 0 saturated heterocycles. The van der Waals surface area contributed by atoms with E-state index >= 15 is 0 Å². The summed E-state index contributed by atoms with van der Waals surface area (Å²) in [5.74, 6) is -0.510. The first-order valence-electron chi connectivity index (χ1n) is 5.85. The Labute approximate surface area is 102 Å². The molecule has 6 heteroatoms. The summed E-state index contributed by atoms with van der Waals surface area (Å²) < 4.78 is 0. The zero-order chi connectivity index (χ0) is 13.4. The van der Waals surface area contributed by atoms with Crippen molar-refractivity contribution in [3.8, 4) is 0 Å². The van der Waals surface area contributed by atoms with Crippen LogP contribution in [-0.2, 0) is 9.59 Å². The Morgan fingerprint density at radius 1 is 1.41 bits per heavy atom. The molecule has 0 radical (unpaired) electrons. The highest BCUT2D eigenvalue weighted by molar-refractivity contribution is 5.87. The quantitative estimate of drug-likeness (QED) is 0.532. The fourth-order valence-electron chi connectivity index (χ4n) is 1.28. The van der Waals surface area contributed by atoms with Crippen LogP contribution in [0.1, 0.15) is 20.8 Å². The van der Waals surface area contributed by atoms with Gasteiger partial charge in [-0.25, -0.2) is 0 Å². The number of amides is 2. The Bertz CT molecular complexity index is 256. The van der Waals surface area contributed by atoms with Gasteiger partial charge in [0.25, 0.3) is 0 Å². The van der Waals surface area contributed by atoms with Crippen molar-refractivity contribution in [3.63, 3.8) is 0 Å². The normalized spacial score (nSPS) is 12.4. The van der Waals surface area contributed by atoms with Gasteiger partial charge in [0.15, 0.2) is 0 Å². The minimum atomic E-state index is -0.601. The van der Waals surface area contributed by atoms with Gasteiger partial charge in [-0.15, -0.1) is 0 Å². The van der Waals surface area contributed by atoms with Crippen molar-refractivity contribution in [2.75, 3.05) is 26.2 Å². The maximum Gasteiger partial charge on any atom is 0.242 e. The highest BCUT2D eigenvalue weighted by Crippen LogP contribution is 1.97. The molecule has 0 unspecified atom stereocenters. The summed E-state index contributed by atoms with van der Waals surface area (Å²) in [4.78, 5) is 24.6. The van der Waals surface area contributed by atoms with Crippen LogP contribution in [0.2, 0.25) is 0 Å². The smallest absolute Gasteiger partial charge is 0.242 e. The number of carbonyl (C=O) groups is 2. The van der Waals surface area contributed by atoms with Gasteiger partial charge >= 0.3 is 0 Å². The number of rotatable bonds is 7. The number of nitrogens with zero attached hydrogens (tertiary/aromatic N) is 1. The van der Waals surface area contributed by atoms with Crippen LogP contribution < -0.4 is 11.1 Å². The largest absolute Gasteiger partial charge is 0.395 e. The summed E-state index contributed by atoms with van der Waals surface area (Å²) in [6.45, 7) is 6.13. The third-order valence-electron chi connectivity index (χ3n) is 2.54. The van der Waals surface area contributed by atoms with E-state index in [2.05, 4.69) is 5.32 Å². The van der Waals surface area contributed by atoms with Crippen LogP contribution in [0.25, 0.3) is 0 Å². The third-order valence-corrected chi connectivity index (χ3v) is 2.54. The molecule has 0 fully saturated rings. The number of hydrogen-bond donors (Lipinski definition) is 3. The van der Waals surface area contributed by atoms with Crippen molar-refractivity contribution >= 4 is 11.8 Å². The first-order chi connectivity index (χ1) is 7.93. The molecule has 2 amide bonds. The van der Waals surface area contributed by atoms with Crippen LogP contribution in [0, 0.1) is 5.92 Å². The van der Waals surface area contributed by atoms with Crippen LogP contribution in [0.4, 0.5) is 0 Å². The highest BCUT2D eigenvalue weighted by Gasteiger charge is 2.18. The van der Waals surface area contributed by atoms with Crippen molar-refractivity contribution in [3.05, 3.63) is 0 Å². The van der Waals surface area contributed by atoms with Crippen LogP contribution >= 0.6 is 0 Å². The standard InChI is InChI=1S/C11H23N3O3/c1-4-14(5-6-15)9(16)7-13-11(17)10(12)8(2)3/h8,10,15H,4-7,12H2,1-3H3,(H,13,17)/t10-/m0/s1. The van der Waals surface area contributed by atoms with Crippen molar-refractivity contribution in [1.82, 2.24) is 10.2 Å². The molecule has 0 rings (SSSR count). The fourth-order valence-corrected chi connectivity index (χ4v) is 1.28. The van der Waals surface area contributed by atoms with E-state index in [-0.39, 0.29) is 37.4 Å². The van der Waals surface area contributed by atoms with E-state index < -0.39 is 6.04 Å². The van der Waals surface area contributed by atoms with Gasteiger partial charge < -0.3 is 21.1 Å². The summed E-state index contributed by atoms with van der Waals surface area (Å²) in [6, 6.07) is -0.601. The molecule has 0 aliphatic carbocycles. The van der Waals surface area contributed by atoms with Crippen LogP contribution in [0.3, 0.4) is 0 Å². The molecule has 17 heavy (non-hydrogen) atoms. The second-order valence-corrected chi connectivity index (χ2v) is 4.18. The number of aliphatic hydroxyl groups is 1. The monoisotopic (exact) mass is 245 g/mol. The molecule has 100 valence electrons. The molecular formula is C11H23N3O3. The highest BCUT2D eigenvalue weighted by atomic mass is 16.3. The maximum absolute atomic E-state index is 11.6. The van der Waals surface area contributed by atoms with E-state index in [1.807, 2.05) is 20.8 Å². The van der Waals surface area contributed by atoms with Gasteiger partial charge in [-0.05, 0) is 12.8 Å². The van der Waals surface area contributed by atoms with E-state index in [0.717, 1.165) is 0 Å². The molecule has 0 spiro atoms. The lowest BCUT2D eigenvalue weighted by Gasteiger charge is -2.21. The van der Waals surface area contributed by atoms with Crippen molar-refractivity contribution < 1.29 is 14.7 Å². The number of aliphatic hydroxyl groups excluding tert-OH is 1. The Morgan fingerprint density at radius 2 is 2.00 bits per heavy atom. The van der Waals surface area contributed by atoms with Crippen molar-refractivity contribution in [1.29, 1.82) is 0 Å². The molecule has 0 aromatic rings. The second kappa shape index (κ2) is 8.03. The first-order valence-corrected chi connectivity index (χ1v) is 5.85. The number of nitrogens with two attached hydrogens (primary N) is 1. The lowest BCUT2D eigenvalue weighted by molar-refractivity contribution is -0.133. The summed E-state index contributed by atoms with van der Waals surface area (Å²) in [7, 11) is 0. The first kappa shape index (κ1) is 15.9. The molecule has 0 aliphatic rings. The molecular weight excluding hydrogens is 222 g/mol. The molecule has 1 atom stereocenters. The summed E-state index contributed by atoms with van der Waals surface area (Å²) in [6.07, 6.45) is 0. The zero-order valence-electron chi connectivity index (χ0n) is 10.8. The third kappa shape index (κ3) is 5.65. The van der Waals surface area contributed by atoms with Gasteiger partial charge in [-0.3, -0.25) is 9.59 Å². The molecule has 0 heterocycles. The van der Waals surface area contributed by atoms with Gasteiger partial charge in [0.1, 0.15) is 0 Å². The minimum absolute atomic E-state index is 0.0322. The number of nitrogens with one attached hydrogen (secondary N) is 1. The van der Waals surface area contributed by atoms with E-state index in [4.69, 9.17) is 10.8 Å². The Morgan fingerprint density at radius 3 is 2.41 bits per heavy atom. The molecule has 0 bridgehead atoms. The number of hydrogen-bond acceptors (Lipinski definition) is 4. The summed E-state index contributed by atoms with van der Waals surface area (Å²) in [5.41, 5.74) is 5.64. The second-order valence-electron chi connectivity index (χ2n) is 4.18. The van der Waals surface area contributed by atoms with Gasteiger partial charge in [-0.1, -0.05) is 13.8 Å². The van der Waals surface area contributed by atoms with Crippen molar-refractivity contribution in [2.45, 2.75) is 26.8 Å².